The SMILES string of the molecule is Cc1ccc(C(=O)NCc2ccccc2N=O)c(O)c1O. The summed E-state index contributed by atoms with van der Waals surface area (Å²) in [6.07, 6.45) is 0. The van der Waals surface area contributed by atoms with E-state index in [0.29, 0.717) is 11.1 Å². The Balaban J connectivity index is 2.16. The van der Waals surface area contributed by atoms with E-state index in [0.717, 1.165) is 0 Å². The third-order valence-electron chi connectivity index (χ3n) is 3.13. The van der Waals surface area contributed by atoms with Gasteiger partial charge in [-0.05, 0) is 29.8 Å². The molecule has 2 rings (SSSR count). The lowest BCUT2D eigenvalue weighted by molar-refractivity contribution is 0.0947. The summed E-state index contributed by atoms with van der Waals surface area (Å²) in [4.78, 5) is 22.7. The van der Waals surface area contributed by atoms with Crippen LogP contribution in [0.1, 0.15) is 21.5 Å². The lowest BCUT2D eigenvalue weighted by atomic mass is 10.1. The first-order valence-corrected chi connectivity index (χ1v) is 6.25. The minimum absolute atomic E-state index is 0.0327. The molecular formula is C15H14N2O4. The maximum absolute atomic E-state index is 12.0. The summed E-state index contributed by atoms with van der Waals surface area (Å²) in [5, 5.41) is 24.8. The number of aryl methyl sites for hydroxylation is 1. The van der Waals surface area contributed by atoms with Crippen LogP contribution in [0.4, 0.5) is 5.69 Å². The molecule has 0 radical (unpaired) electrons. The Bertz CT molecular complexity index is 698. The number of rotatable bonds is 4. The molecule has 108 valence electrons. The first kappa shape index (κ1) is 14.5. The standard InChI is InChI=1S/C15H14N2O4/c1-9-6-7-11(14(19)13(9)18)15(20)16-8-10-4-2-3-5-12(10)17-21/h2-7,18-19H,8H2,1H3,(H,16,20). The quantitative estimate of drug-likeness (QED) is 0.594. The number of carbonyl (C=O) groups is 1. The normalized spacial score (nSPS) is 10.1. The van der Waals surface area contributed by atoms with Crippen molar-refractivity contribution < 1.29 is 15.0 Å². The van der Waals surface area contributed by atoms with E-state index >= 15 is 0 Å². The second kappa shape index (κ2) is 6.04. The summed E-state index contributed by atoms with van der Waals surface area (Å²) in [5.41, 5.74) is 1.25. The highest BCUT2D eigenvalue weighted by atomic mass is 16.3. The second-order valence-electron chi connectivity index (χ2n) is 4.53. The maximum atomic E-state index is 12.0. The molecular weight excluding hydrogens is 272 g/mol. The molecule has 1 amide bonds. The Morgan fingerprint density at radius 2 is 1.86 bits per heavy atom. The first-order valence-electron chi connectivity index (χ1n) is 6.25. The van der Waals surface area contributed by atoms with Crippen LogP contribution < -0.4 is 5.32 Å². The van der Waals surface area contributed by atoms with E-state index < -0.39 is 11.7 Å². The maximum Gasteiger partial charge on any atom is 0.255 e. The van der Waals surface area contributed by atoms with Crippen molar-refractivity contribution in [2.75, 3.05) is 0 Å². The molecule has 0 fully saturated rings. The van der Waals surface area contributed by atoms with Crippen LogP contribution in [0.25, 0.3) is 0 Å². The Labute approximate surface area is 121 Å². The van der Waals surface area contributed by atoms with Crippen molar-refractivity contribution in [1.82, 2.24) is 5.32 Å². The van der Waals surface area contributed by atoms with Crippen LogP contribution in [0, 0.1) is 11.8 Å². The Hall–Kier alpha value is -2.89. The molecule has 2 aromatic rings. The molecule has 0 unspecified atom stereocenters. The predicted molar refractivity (Wildman–Crippen MR) is 77.6 cm³/mol. The van der Waals surface area contributed by atoms with E-state index in [-0.39, 0.29) is 23.5 Å². The molecule has 0 bridgehead atoms. The molecule has 0 aliphatic heterocycles. The van der Waals surface area contributed by atoms with Gasteiger partial charge in [0.1, 0.15) is 5.69 Å². The van der Waals surface area contributed by atoms with Crippen molar-refractivity contribution in [3.63, 3.8) is 0 Å². The lowest BCUT2D eigenvalue weighted by Crippen LogP contribution is -2.23. The molecule has 0 aromatic heterocycles. The van der Waals surface area contributed by atoms with E-state index in [1.807, 2.05) is 0 Å². The number of phenols is 2. The van der Waals surface area contributed by atoms with Gasteiger partial charge in [0.15, 0.2) is 11.5 Å². The third-order valence-corrected chi connectivity index (χ3v) is 3.13. The molecule has 0 saturated carbocycles. The number of amides is 1. The van der Waals surface area contributed by atoms with Gasteiger partial charge < -0.3 is 15.5 Å². The number of carbonyl (C=O) groups excluding carboxylic acids is 1. The van der Waals surface area contributed by atoms with Crippen LogP contribution in [0.3, 0.4) is 0 Å². The average Bonchev–Trinajstić information content (AvgIpc) is 2.50. The molecule has 0 heterocycles. The van der Waals surface area contributed by atoms with Gasteiger partial charge in [0.05, 0.1) is 5.56 Å². The zero-order valence-corrected chi connectivity index (χ0v) is 11.3. The number of phenolic OH excluding ortho intramolecular Hbond substituents is 2. The fourth-order valence-corrected chi connectivity index (χ4v) is 1.88. The van der Waals surface area contributed by atoms with E-state index in [9.17, 15) is 19.9 Å². The zero-order chi connectivity index (χ0) is 15.4. The lowest BCUT2D eigenvalue weighted by Gasteiger charge is -2.10. The predicted octanol–water partition coefficient (Wildman–Crippen LogP) is 2.73. The van der Waals surface area contributed by atoms with Crippen LogP contribution in [-0.2, 0) is 6.54 Å². The summed E-state index contributed by atoms with van der Waals surface area (Å²) in [5.74, 6) is -1.34. The zero-order valence-electron chi connectivity index (χ0n) is 11.3. The number of nitroso groups, excluding NO2 is 1. The van der Waals surface area contributed by atoms with Gasteiger partial charge in [0, 0.05) is 12.1 Å². The molecule has 0 saturated heterocycles. The number of benzene rings is 2. The highest BCUT2D eigenvalue weighted by Crippen LogP contribution is 2.32. The van der Waals surface area contributed by atoms with Crippen LogP contribution >= 0.6 is 0 Å². The second-order valence-corrected chi connectivity index (χ2v) is 4.53. The van der Waals surface area contributed by atoms with Gasteiger partial charge in [-0.3, -0.25) is 4.79 Å². The molecule has 3 N–H and O–H groups in total. The van der Waals surface area contributed by atoms with Gasteiger partial charge in [-0.15, -0.1) is 4.91 Å². The summed E-state index contributed by atoms with van der Waals surface area (Å²) in [6, 6.07) is 9.57. The molecule has 0 aliphatic carbocycles. The van der Waals surface area contributed by atoms with Crippen molar-refractivity contribution in [1.29, 1.82) is 0 Å². The van der Waals surface area contributed by atoms with E-state index in [1.54, 1.807) is 31.2 Å². The molecule has 2 aromatic carbocycles. The van der Waals surface area contributed by atoms with Gasteiger partial charge in [-0.25, -0.2) is 0 Å². The fourth-order valence-electron chi connectivity index (χ4n) is 1.88. The Morgan fingerprint density at radius 3 is 2.57 bits per heavy atom. The van der Waals surface area contributed by atoms with E-state index in [4.69, 9.17) is 0 Å². The van der Waals surface area contributed by atoms with Crippen LogP contribution in [0.2, 0.25) is 0 Å². The van der Waals surface area contributed by atoms with Crippen molar-refractivity contribution in [3.05, 3.63) is 58.0 Å². The van der Waals surface area contributed by atoms with E-state index in [2.05, 4.69) is 10.5 Å². The summed E-state index contributed by atoms with van der Waals surface area (Å²) >= 11 is 0. The minimum Gasteiger partial charge on any atom is -0.504 e. The fraction of sp³-hybridized carbons (Fsp3) is 0.133. The largest absolute Gasteiger partial charge is 0.504 e. The summed E-state index contributed by atoms with van der Waals surface area (Å²) in [7, 11) is 0. The van der Waals surface area contributed by atoms with Gasteiger partial charge in [0.25, 0.3) is 5.91 Å². The number of hydrogen-bond acceptors (Lipinski definition) is 5. The van der Waals surface area contributed by atoms with Gasteiger partial charge in [0.2, 0.25) is 0 Å². The van der Waals surface area contributed by atoms with Crippen LogP contribution in [0.5, 0.6) is 11.5 Å². The minimum atomic E-state index is -0.552. The molecule has 6 nitrogen and oxygen atoms in total. The Morgan fingerprint density at radius 1 is 1.14 bits per heavy atom. The van der Waals surface area contributed by atoms with E-state index in [1.165, 1.54) is 12.1 Å². The molecule has 6 heteroatoms. The van der Waals surface area contributed by atoms with Crippen molar-refractivity contribution in [2.24, 2.45) is 5.18 Å². The van der Waals surface area contributed by atoms with Crippen molar-refractivity contribution in [3.8, 4) is 11.5 Å². The monoisotopic (exact) mass is 286 g/mol. The van der Waals surface area contributed by atoms with Gasteiger partial charge >= 0.3 is 0 Å². The molecule has 0 spiro atoms. The molecule has 0 aliphatic rings. The highest BCUT2D eigenvalue weighted by Gasteiger charge is 2.16. The number of aromatic hydroxyl groups is 2. The topological polar surface area (TPSA) is 99.0 Å². The number of nitrogens with one attached hydrogen (secondary N) is 1. The molecule has 21 heavy (non-hydrogen) atoms. The van der Waals surface area contributed by atoms with Crippen molar-refractivity contribution >= 4 is 11.6 Å². The summed E-state index contributed by atoms with van der Waals surface area (Å²) in [6.45, 7) is 1.71. The van der Waals surface area contributed by atoms with Gasteiger partial charge in [-0.1, -0.05) is 24.3 Å². The number of hydrogen-bond donors (Lipinski definition) is 3. The number of nitrogens with zero attached hydrogens (tertiary/aromatic N) is 1. The smallest absolute Gasteiger partial charge is 0.255 e. The third kappa shape index (κ3) is 3.00. The average molecular weight is 286 g/mol. The first-order chi connectivity index (χ1) is 10.0. The van der Waals surface area contributed by atoms with Gasteiger partial charge in [-0.2, -0.15) is 0 Å². The van der Waals surface area contributed by atoms with Crippen molar-refractivity contribution in [2.45, 2.75) is 13.5 Å². The highest BCUT2D eigenvalue weighted by molar-refractivity contribution is 5.97. The Kier molecular flexibility index (Phi) is 4.18. The molecule has 0 atom stereocenters. The van der Waals surface area contributed by atoms with Crippen LogP contribution in [0.15, 0.2) is 41.6 Å². The summed E-state index contributed by atoms with van der Waals surface area (Å²) < 4.78 is 0. The van der Waals surface area contributed by atoms with Crippen LogP contribution in [-0.4, -0.2) is 16.1 Å².